The van der Waals surface area contributed by atoms with Gasteiger partial charge in [-0.3, -0.25) is 0 Å². The van der Waals surface area contributed by atoms with Crippen LogP contribution in [0.15, 0.2) is 109 Å². The van der Waals surface area contributed by atoms with Crippen molar-refractivity contribution in [3.63, 3.8) is 0 Å². The lowest BCUT2D eigenvalue weighted by atomic mass is 9.74. The summed E-state index contributed by atoms with van der Waals surface area (Å²) in [5.41, 5.74) is 11.6. The molecule has 4 heteroatoms. The van der Waals surface area contributed by atoms with E-state index in [-0.39, 0.29) is 23.7 Å². The third kappa shape index (κ3) is 3.83. The van der Waals surface area contributed by atoms with E-state index in [0.29, 0.717) is 0 Å². The summed E-state index contributed by atoms with van der Waals surface area (Å²) in [5, 5.41) is 2.56. The lowest BCUT2D eigenvalue weighted by molar-refractivity contribution is 0.00578. The third-order valence-electron chi connectivity index (χ3n) is 10.3. The van der Waals surface area contributed by atoms with Crippen LogP contribution >= 0.6 is 0 Å². The first-order valence-corrected chi connectivity index (χ1v) is 15.3. The first-order valence-electron chi connectivity index (χ1n) is 15.3. The largest absolute Gasteiger partial charge is 0.494 e. The van der Waals surface area contributed by atoms with Crippen molar-refractivity contribution in [1.29, 1.82) is 0 Å². The van der Waals surface area contributed by atoms with Crippen LogP contribution in [0.3, 0.4) is 0 Å². The van der Waals surface area contributed by atoms with Crippen molar-refractivity contribution in [2.45, 2.75) is 58.2 Å². The number of rotatable bonds is 3. The number of nitrogens with zero attached hydrogens (tertiary/aromatic N) is 1. The van der Waals surface area contributed by atoms with E-state index in [1.54, 1.807) is 0 Å². The van der Waals surface area contributed by atoms with E-state index in [1.807, 2.05) is 0 Å². The lowest BCUT2D eigenvalue weighted by Gasteiger charge is -2.32. The van der Waals surface area contributed by atoms with E-state index in [0.717, 1.165) is 5.46 Å². The molecule has 0 atom stereocenters. The first kappa shape index (κ1) is 26.5. The van der Waals surface area contributed by atoms with Crippen LogP contribution in [0.25, 0.3) is 49.7 Å². The summed E-state index contributed by atoms with van der Waals surface area (Å²) in [6, 6.07) is 40.0. The van der Waals surface area contributed by atoms with Crippen molar-refractivity contribution in [3.05, 3.63) is 120 Å². The molecule has 8 rings (SSSR count). The van der Waals surface area contributed by atoms with E-state index >= 15 is 0 Å². The van der Waals surface area contributed by atoms with Gasteiger partial charge in [-0.15, -0.1) is 0 Å². The highest BCUT2D eigenvalue weighted by Gasteiger charge is 2.52. The van der Waals surface area contributed by atoms with Crippen LogP contribution in [0.2, 0.25) is 0 Å². The fraction of sp³-hybridized carbons (Fsp3) is 0.231. The van der Waals surface area contributed by atoms with Crippen LogP contribution in [0, 0.1) is 0 Å². The summed E-state index contributed by atoms with van der Waals surface area (Å²) in [6.45, 7) is 13.1. The average Bonchev–Trinajstić information content (AvgIpc) is 3.54. The summed E-state index contributed by atoms with van der Waals surface area (Å²) in [5.74, 6) is 0. The molecule has 212 valence electrons. The zero-order valence-corrected chi connectivity index (χ0v) is 25.7. The number of hydrogen-bond donors (Lipinski definition) is 0. The van der Waals surface area contributed by atoms with Crippen molar-refractivity contribution >= 4 is 34.4 Å². The van der Waals surface area contributed by atoms with Crippen molar-refractivity contribution in [3.8, 4) is 27.9 Å². The van der Waals surface area contributed by atoms with Crippen LogP contribution in [0.5, 0.6) is 0 Å². The highest BCUT2D eigenvalue weighted by atomic mass is 16.7. The molecule has 0 spiro atoms. The van der Waals surface area contributed by atoms with Gasteiger partial charge < -0.3 is 13.9 Å². The average molecular weight is 562 g/mol. The van der Waals surface area contributed by atoms with Crippen molar-refractivity contribution < 1.29 is 9.31 Å². The standard InChI is InChI=1S/C39H36BNO2/c1-37(2)33-23-26(17-21-29(33)30-22-18-27(24-34(30)37)40-42-38(3,4)39(5,6)43-40)25-15-19-28(20-16-25)41-35-13-9-7-11-31(35)32-12-8-10-14-36(32)41/h7-24H,1-6H3. The van der Waals surface area contributed by atoms with Gasteiger partial charge >= 0.3 is 7.12 Å². The van der Waals surface area contributed by atoms with Crippen molar-refractivity contribution in [2.75, 3.05) is 0 Å². The van der Waals surface area contributed by atoms with Gasteiger partial charge in [-0.05, 0) is 96.9 Å². The topological polar surface area (TPSA) is 23.4 Å². The molecular formula is C39H36BNO2. The van der Waals surface area contributed by atoms with Gasteiger partial charge in [0, 0.05) is 21.9 Å². The second kappa shape index (κ2) is 8.95. The third-order valence-corrected chi connectivity index (χ3v) is 10.3. The Morgan fingerprint density at radius 3 is 1.65 bits per heavy atom. The van der Waals surface area contributed by atoms with Gasteiger partial charge in [-0.1, -0.05) is 92.7 Å². The molecule has 6 aromatic rings. The molecule has 0 saturated carbocycles. The molecule has 2 aliphatic rings. The predicted octanol–water partition coefficient (Wildman–Crippen LogP) is 9.06. The smallest absolute Gasteiger partial charge is 0.399 e. The molecule has 0 radical (unpaired) electrons. The molecule has 0 unspecified atom stereocenters. The van der Waals surface area contributed by atoms with Gasteiger partial charge in [0.2, 0.25) is 0 Å². The molecule has 2 heterocycles. The monoisotopic (exact) mass is 561 g/mol. The van der Waals surface area contributed by atoms with Gasteiger partial charge in [-0.25, -0.2) is 0 Å². The van der Waals surface area contributed by atoms with Gasteiger partial charge in [-0.2, -0.15) is 0 Å². The number of benzene rings is 5. The molecule has 43 heavy (non-hydrogen) atoms. The summed E-state index contributed by atoms with van der Waals surface area (Å²) in [7, 11) is -0.363. The molecule has 1 fully saturated rings. The molecule has 1 aromatic heterocycles. The number of hydrogen-bond acceptors (Lipinski definition) is 2. The molecule has 1 aliphatic carbocycles. The number of para-hydroxylation sites is 2. The number of fused-ring (bicyclic) bond motifs is 6. The molecule has 5 aromatic carbocycles. The summed E-state index contributed by atoms with van der Waals surface area (Å²) in [4.78, 5) is 0. The number of aromatic nitrogens is 1. The zero-order valence-electron chi connectivity index (χ0n) is 25.7. The first-order chi connectivity index (χ1) is 20.5. The Morgan fingerprint density at radius 2 is 1.05 bits per heavy atom. The molecule has 0 amide bonds. The Labute approximate surface area is 254 Å². The Bertz CT molecular complexity index is 2000. The highest BCUT2D eigenvalue weighted by molar-refractivity contribution is 6.62. The fourth-order valence-electron chi connectivity index (χ4n) is 7.06. The van der Waals surface area contributed by atoms with Gasteiger partial charge in [0.05, 0.1) is 22.2 Å². The molecular weight excluding hydrogens is 525 g/mol. The molecule has 1 aliphatic heterocycles. The lowest BCUT2D eigenvalue weighted by Crippen LogP contribution is -2.41. The quantitative estimate of drug-likeness (QED) is 0.201. The Hall–Kier alpha value is -4.12. The van der Waals surface area contributed by atoms with E-state index in [9.17, 15) is 0 Å². The minimum absolute atomic E-state index is 0.136. The van der Waals surface area contributed by atoms with Crippen LogP contribution in [-0.2, 0) is 14.7 Å². The molecule has 1 saturated heterocycles. The maximum absolute atomic E-state index is 6.39. The van der Waals surface area contributed by atoms with Gasteiger partial charge in [0.25, 0.3) is 0 Å². The minimum Gasteiger partial charge on any atom is -0.399 e. The second-order valence-electron chi connectivity index (χ2n) is 13.7. The second-order valence-corrected chi connectivity index (χ2v) is 13.7. The SMILES string of the molecule is CC1(C)c2cc(B3OC(C)(C)C(C)(C)O3)ccc2-c2ccc(-c3ccc(-n4c5ccccc5c5ccccc54)cc3)cc21. The van der Waals surface area contributed by atoms with Crippen molar-refractivity contribution in [2.24, 2.45) is 0 Å². The van der Waals surface area contributed by atoms with E-state index < -0.39 is 0 Å². The Kier molecular flexibility index (Phi) is 5.52. The predicted molar refractivity (Wildman–Crippen MR) is 179 cm³/mol. The molecule has 0 bridgehead atoms. The summed E-state index contributed by atoms with van der Waals surface area (Å²) >= 11 is 0. The van der Waals surface area contributed by atoms with Crippen molar-refractivity contribution in [1.82, 2.24) is 4.57 Å². The van der Waals surface area contributed by atoms with Crippen LogP contribution in [0.4, 0.5) is 0 Å². The molecule has 0 N–H and O–H groups in total. The van der Waals surface area contributed by atoms with Gasteiger partial charge in [0.15, 0.2) is 0 Å². The summed E-state index contributed by atoms with van der Waals surface area (Å²) < 4.78 is 15.2. The zero-order chi connectivity index (χ0) is 29.7. The fourth-order valence-corrected chi connectivity index (χ4v) is 7.06. The minimum atomic E-state index is -0.363. The maximum atomic E-state index is 6.39. The summed E-state index contributed by atoms with van der Waals surface area (Å²) in [6.07, 6.45) is 0. The van der Waals surface area contributed by atoms with Crippen LogP contribution < -0.4 is 5.46 Å². The van der Waals surface area contributed by atoms with Gasteiger partial charge in [0.1, 0.15) is 0 Å². The van der Waals surface area contributed by atoms with E-state index in [1.165, 1.54) is 60.9 Å². The maximum Gasteiger partial charge on any atom is 0.494 e. The van der Waals surface area contributed by atoms with E-state index in [2.05, 4.69) is 155 Å². The van der Waals surface area contributed by atoms with Crippen LogP contribution in [-0.4, -0.2) is 22.9 Å². The normalized spacial score (nSPS) is 17.9. The Morgan fingerprint density at radius 1 is 0.535 bits per heavy atom. The molecule has 3 nitrogen and oxygen atoms in total. The highest BCUT2D eigenvalue weighted by Crippen LogP contribution is 2.49. The van der Waals surface area contributed by atoms with Crippen LogP contribution in [0.1, 0.15) is 52.7 Å². The Balaban J connectivity index is 1.14. The van der Waals surface area contributed by atoms with E-state index in [4.69, 9.17) is 9.31 Å².